The van der Waals surface area contributed by atoms with Gasteiger partial charge in [0.1, 0.15) is 12.4 Å². The van der Waals surface area contributed by atoms with E-state index in [9.17, 15) is 9.18 Å². The number of fused-ring (bicyclic) bond motifs is 1. The molecule has 2 aromatic carbocycles. The first-order chi connectivity index (χ1) is 9.72. The number of aromatic nitrogens is 2. The molecule has 0 amide bonds. The van der Waals surface area contributed by atoms with Crippen LogP contribution in [-0.4, -0.2) is 9.97 Å². The Morgan fingerprint density at radius 2 is 2.00 bits per heavy atom. The fourth-order valence-corrected chi connectivity index (χ4v) is 1.91. The van der Waals surface area contributed by atoms with Gasteiger partial charge in [0.05, 0.1) is 10.9 Å². The normalized spacial score (nSPS) is 10.7. The van der Waals surface area contributed by atoms with Crippen molar-refractivity contribution in [2.75, 3.05) is 0 Å². The molecule has 0 unspecified atom stereocenters. The molecule has 1 heterocycles. The number of halogens is 1. The Morgan fingerprint density at radius 3 is 2.85 bits per heavy atom. The molecule has 0 radical (unpaired) electrons. The average Bonchev–Trinajstić information content (AvgIpc) is 2.45. The smallest absolute Gasteiger partial charge is 0.297 e. The molecule has 1 aromatic heterocycles. The zero-order valence-corrected chi connectivity index (χ0v) is 10.5. The zero-order chi connectivity index (χ0) is 13.9. The Morgan fingerprint density at radius 1 is 1.15 bits per heavy atom. The first-order valence-corrected chi connectivity index (χ1v) is 6.09. The lowest BCUT2D eigenvalue weighted by Crippen LogP contribution is -2.11. The highest BCUT2D eigenvalue weighted by atomic mass is 19.1. The highest BCUT2D eigenvalue weighted by molar-refractivity contribution is 5.77. The van der Waals surface area contributed by atoms with Gasteiger partial charge >= 0.3 is 0 Å². The third kappa shape index (κ3) is 2.51. The second kappa shape index (κ2) is 5.13. The second-order valence-electron chi connectivity index (χ2n) is 4.31. The van der Waals surface area contributed by atoms with Crippen LogP contribution in [0.25, 0.3) is 10.9 Å². The molecule has 0 atom stereocenters. The van der Waals surface area contributed by atoms with Crippen LogP contribution in [-0.2, 0) is 6.61 Å². The summed E-state index contributed by atoms with van der Waals surface area (Å²) in [5.74, 6) is -0.328. The zero-order valence-electron chi connectivity index (χ0n) is 10.5. The Hall–Kier alpha value is -2.69. The minimum atomic E-state index is -0.328. The molecule has 4 nitrogen and oxygen atoms in total. The number of para-hydroxylation sites is 1. The lowest BCUT2D eigenvalue weighted by atomic mass is 10.2. The summed E-state index contributed by atoms with van der Waals surface area (Å²) in [6.07, 6.45) is 0. The maximum absolute atomic E-state index is 13.0. The van der Waals surface area contributed by atoms with Crippen LogP contribution in [0.2, 0.25) is 0 Å². The Labute approximate surface area is 113 Å². The summed E-state index contributed by atoms with van der Waals surface area (Å²) in [7, 11) is 0. The number of ether oxygens (including phenoxy) is 1. The average molecular weight is 270 g/mol. The number of benzene rings is 2. The van der Waals surface area contributed by atoms with Gasteiger partial charge in [0.15, 0.2) is 0 Å². The van der Waals surface area contributed by atoms with Gasteiger partial charge in [-0.3, -0.25) is 9.78 Å². The topological polar surface area (TPSA) is 55.0 Å². The maximum Gasteiger partial charge on any atom is 0.297 e. The van der Waals surface area contributed by atoms with Gasteiger partial charge in [-0.1, -0.05) is 24.3 Å². The third-order valence-corrected chi connectivity index (χ3v) is 2.86. The summed E-state index contributed by atoms with van der Waals surface area (Å²) in [6, 6.07) is 13.2. The molecule has 1 N–H and O–H groups in total. The molecule has 5 heteroatoms. The van der Waals surface area contributed by atoms with Crippen LogP contribution in [0.3, 0.4) is 0 Å². The van der Waals surface area contributed by atoms with Gasteiger partial charge in [0.2, 0.25) is 0 Å². The van der Waals surface area contributed by atoms with Crippen molar-refractivity contribution in [2.24, 2.45) is 0 Å². The Bertz CT molecular complexity index is 814. The van der Waals surface area contributed by atoms with Gasteiger partial charge in [0.25, 0.3) is 11.6 Å². The van der Waals surface area contributed by atoms with Crippen molar-refractivity contribution in [3.63, 3.8) is 0 Å². The van der Waals surface area contributed by atoms with Gasteiger partial charge in [-0.05, 0) is 29.8 Å². The molecule has 0 fully saturated rings. The molecule has 0 bridgehead atoms. The van der Waals surface area contributed by atoms with Crippen molar-refractivity contribution >= 4 is 10.9 Å². The molecule has 20 heavy (non-hydrogen) atoms. The molecule has 100 valence electrons. The van der Waals surface area contributed by atoms with Gasteiger partial charge < -0.3 is 4.74 Å². The SMILES string of the molecule is O=c1[nH]c(OCc2cccc(F)c2)nc2ccccc12. The first kappa shape index (κ1) is 12.3. The predicted octanol–water partition coefficient (Wildman–Crippen LogP) is 2.64. The monoisotopic (exact) mass is 270 g/mol. The number of H-pyrrole nitrogens is 1. The summed E-state index contributed by atoms with van der Waals surface area (Å²) in [4.78, 5) is 18.6. The van der Waals surface area contributed by atoms with Crippen LogP contribution >= 0.6 is 0 Å². The molecule has 0 saturated carbocycles. The molecule has 0 spiro atoms. The van der Waals surface area contributed by atoms with E-state index in [0.717, 1.165) is 0 Å². The van der Waals surface area contributed by atoms with E-state index in [1.165, 1.54) is 12.1 Å². The molecule has 3 aromatic rings. The van der Waals surface area contributed by atoms with Crippen LogP contribution in [0.4, 0.5) is 4.39 Å². The number of rotatable bonds is 3. The largest absolute Gasteiger partial charge is 0.460 e. The van der Waals surface area contributed by atoms with Gasteiger partial charge in [-0.15, -0.1) is 0 Å². The fourth-order valence-electron chi connectivity index (χ4n) is 1.91. The fraction of sp³-hybridized carbons (Fsp3) is 0.0667. The molecule has 0 aliphatic rings. The number of aromatic amines is 1. The van der Waals surface area contributed by atoms with Crippen molar-refractivity contribution in [1.82, 2.24) is 9.97 Å². The summed E-state index contributed by atoms with van der Waals surface area (Å²) in [5.41, 5.74) is 0.969. The molecule has 0 aliphatic heterocycles. The van der Waals surface area contributed by atoms with E-state index in [0.29, 0.717) is 16.5 Å². The maximum atomic E-state index is 13.0. The van der Waals surface area contributed by atoms with E-state index in [1.54, 1.807) is 36.4 Å². The van der Waals surface area contributed by atoms with Crippen LogP contribution in [0.15, 0.2) is 53.3 Å². The highest BCUT2D eigenvalue weighted by Gasteiger charge is 2.04. The Kier molecular flexibility index (Phi) is 3.16. The molecule has 0 saturated heterocycles. The molecule has 0 aliphatic carbocycles. The number of nitrogens with zero attached hydrogens (tertiary/aromatic N) is 1. The predicted molar refractivity (Wildman–Crippen MR) is 73.1 cm³/mol. The van der Waals surface area contributed by atoms with Gasteiger partial charge in [-0.25, -0.2) is 4.39 Å². The lowest BCUT2D eigenvalue weighted by Gasteiger charge is -2.06. The molecule has 3 rings (SSSR count). The van der Waals surface area contributed by atoms with Crippen molar-refractivity contribution in [3.8, 4) is 6.01 Å². The van der Waals surface area contributed by atoms with E-state index >= 15 is 0 Å². The van der Waals surface area contributed by atoms with Crippen molar-refractivity contribution in [2.45, 2.75) is 6.61 Å². The van der Waals surface area contributed by atoms with Crippen molar-refractivity contribution in [3.05, 3.63) is 70.3 Å². The van der Waals surface area contributed by atoms with E-state index in [1.807, 2.05) is 0 Å². The Balaban J connectivity index is 1.86. The van der Waals surface area contributed by atoms with Crippen LogP contribution in [0, 0.1) is 5.82 Å². The number of nitrogens with one attached hydrogen (secondary N) is 1. The van der Waals surface area contributed by atoms with E-state index < -0.39 is 0 Å². The third-order valence-electron chi connectivity index (χ3n) is 2.86. The minimum Gasteiger partial charge on any atom is -0.460 e. The van der Waals surface area contributed by atoms with Crippen molar-refractivity contribution < 1.29 is 9.13 Å². The summed E-state index contributed by atoms with van der Waals surface area (Å²) < 4.78 is 18.4. The summed E-state index contributed by atoms with van der Waals surface area (Å²) >= 11 is 0. The van der Waals surface area contributed by atoms with E-state index in [2.05, 4.69) is 9.97 Å². The van der Waals surface area contributed by atoms with Crippen LogP contribution in [0.1, 0.15) is 5.56 Å². The van der Waals surface area contributed by atoms with Gasteiger partial charge in [0, 0.05) is 0 Å². The first-order valence-electron chi connectivity index (χ1n) is 6.09. The quantitative estimate of drug-likeness (QED) is 0.796. The van der Waals surface area contributed by atoms with E-state index in [4.69, 9.17) is 4.74 Å². The highest BCUT2D eigenvalue weighted by Crippen LogP contribution is 2.11. The molecular formula is C15H11FN2O2. The summed E-state index contributed by atoms with van der Waals surface area (Å²) in [5, 5.41) is 0.505. The lowest BCUT2D eigenvalue weighted by molar-refractivity contribution is 0.280. The second-order valence-corrected chi connectivity index (χ2v) is 4.31. The minimum absolute atomic E-state index is 0.123. The standard InChI is InChI=1S/C15H11FN2O2/c16-11-5-3-4-10(8-11)9-20-15-17-13-7-2-1-6-12(13)14(19)18-15/h1-8H,9H2,(H,17,18,19). The van der Waals surface area contributed by atoms with E-state index in [-0.39, 0.29) is 24.0 Å². The van der Waals surface area contributed by atoms with Crippen LogP contribution < -0.4 is 10.3 Å². The van der Waals surface area contributed by atoms with Gasteiger partial charge in [-0.2, -0.15) is 4.98 Å². The molecular weight excluding hydrogens is 259 g/mol. The number of hydrogen-bond acceptors (Lipinski definition) is 3. The number of hydrogen-bond donors (Lipinski definition) is 1. The summed E-state index contributed by atoms with van der Waals surface area (Å²) in [6.45, 7) is 0.138. The van der Waals surface area contributed by atoms with Crippen LogP contribution in [0.5, 0.6) is 6.01 Å². The van der Waals surface area contributed by atoms with Crippen molar-refractivity contribution in [1.29, 1.82) is 0 Å².